The topological polar surface area (TPSA) is 153 Å². The number of anilines is 1. The Bertz CT molecular complexity index is 1540. The second-order valence-corrected chi connectivity index (χ2v) is 11.6. The number of nitrogens with zero attached hydrogens (tertiary/aromatic N) is 4. The molecule has 4 aliphatic carbocycles. The Kier molecular flexibility index (Phi) is 6.21. The highest BCUT2D eigenvalue weighted by molar-refractivity contribution is 6.00. The standard InChI is InChI=1S/C29H32N8O3/c1-17(38)35-28-14-29(15-28,16-28)36-23-10-24(25-8-7-21-9-18(11-30)12-33-37(21)25)32-13-22(23)27(40)34-20-5-3-19(4-6-20)26(39)31-2/h7-10,12-13,19-20H,3-6,14-16H2,1-2H3,(H,31,39)(H,32,36)(H,34,40)(H,35,38)/t19-,20-,28?,29?. The van der Waals surface area contributed by atoms with E-state index >= 15 is 0 Å². The Morgan fingerprint density at radius 2 is 1.80 bits per heavy atom. The van der Waals surface area contributed by atoms with Gasteiger partial charge in [-0.25, -0.2) is 4.52 Å². The maximum absolute atomic E-state index is 13.5. The van der Waals surface area contributed by atoms with Crippen molar-refractivity contribution in [3.8, 4) is 17.5 Å². The number of hydrogen-bond acceptors (Lipinski definition) is 7. The predicted molar refractivity (Wildman–Crippen MR) is 147 cm³/mol. The number of nitriles is 1. The van der Waals surface area contributed by atoms with E-state index in [1.54, 1.807) is 23.8 Å². The largest absolute Gasteiger partial charge is 0.379 e. The zero-order valence-corrected chi connectivity index (χ0v) is 22.6. The van der Waals surface area contributed by atoms with Crippen LogP contribution in [0.4, 0.5) is 5.69 Å². The smallest absolute Gasteiger partial charge is 0.255 e. The average molecular weight is 541 g/mol. The Morgan fingerprint density at radius 1 is 1.05 bits per heavy atom. The summed E-state index contributed by atoms with van der Waals surface area (Å²) in [5.41, 5.74) is 3.44. The van der Waals surface area contributed by atoms with Gasteiger partial charge in [0, 0.05) is 43.2 Å². The number of carbonyl (C=O) groups excluding carboxylic acids is 3. The summed E-state index contributed by atoms with van der Waals surface area (Å²) >= 11 is 0. The third-order valence-electron chi connectivity index (χ3n) is 8.59. The van der Waals surface area contributed by atoms with E-state index in [9.17, 15) is 19.6 Å². The summed E-state index contributed by atoms with van der Waals surface area (Å²) in [5.74, 6) is -0.183. The van der Waals surface area contributed by atoms with Crippen LogP contribution in [0.2, 0.25) is 0 Å². The van der Waals surface area contributed by atoms with Crippen molar-refractivity contribution in [2.24, 2.45) is 5.92 Å². The van der Waals surface area contributed by atoms with E-state index in [0.29, 0.717) is 22.5 Å². The lowest BCUT2D eigenvalue weighted by Crippen LogP contribution is -2.81. The number of carbonyl (C=O) groups is 3. The van der Waals surface area contributed by atoms with Crippen LogP contribution in [0.1, 0.15) is 67.8 Å². The first kappa shape index (κ1) is 25.8. The molecule has 4 fully saturated rings. The number of pyridine rings is 1. The van der Waals surface area contributed by atoms with E-state index in [1.807, 2.05) is 18.2 Å². The molecule has 0 saturated heterocycles. The summed E-state index contributed by atoms with van der Waals surface area (Å²) in [7, 11) is 1.65. The molecule has 3 aromatic heterocycles. The van der Waals surface area contributed by atoms with Crippen molar-refractivity contribution in [2.75, 3.05) is 12.4 Å². The second kappa shape index (κ2) is 9.62. The molecule has 3 heterocycles. The number of nitrogens with one attached hydrogen (secondary N) is 4. The van der Waals surface area contributed by atoms with E-state index < -0.39 is 0 Å². The molecular formula is C29H32N8O3. The van der Waals surface area contributed by atoms with Crippen LogP contribution >= 0.6 is 0 Å². The first-order chi connectivity index (χ1) is 19.2. The lowest BCUT2D eigenvalue weighted by molar-refractivity contribution is -0.131. The fourth-order valence-corrected chi connectivity index (χ4v) is 6.81. The normalized spacial score (nSPS) is 26.5. The molecule has 0 unspecified atom stereocenters. The quantitative estimate of drug-likeness (QED) is 0.359. The Hall–Kier alpha value is -4.46. The molecule has 3 amide bonds. The molecule has 11 nitrogen and oxygen atoms in total. The summed E-state index contributed by atoms with van der Waals surface area (Å²) in [6.07, 6.45) is 8.48. The molecule has 2 bridgehead atoms. The van der Waals surface area contributed by atoms with Crippen LogP contribution in [-0.4, -0.2) is 56.5 Å². The van der Waals surface area contributed by atoms with Gasteiger partial charge in [0.15, 0.2) is 0 Å². The van der Waals surface area contributed by atoms with E-state index in [-0.39, 0.29) is 40.8 Å². The molecule has 7 rings (SSSR count). The molecule has 0 aliphatic heterocycles. The van der Waals surface area contributed by atoms with Crippen LogP contribution in [0.5, 0.6) is 0 Å². The number of fused-ring (bicyclic) bond motifs is 1. The van der Waals surface area contributed by atoms with Gasteiger partial charge in [0.1, 0.15) is 6.07 Å². The molecule has 4 N–H and O–H groups in total. The maximum atomic E-state index is 13.5. The molecule has 3 aromatic rings. The maximum Gasteiger partial charge on any atom is 0.255 e. The van der Waals surface area contributed by atoms with Crippen molar-refractivity contribution >= 4 is 28.9 Å². The molecule has 206 valence electrons. The molecule has 0 atom stereocenters. The zero-order chi connectivity index (χ0) is 28.1. The van der Waals surface area contributed by atoms with Crippen molar-refractivity contribution in [1.29, 1.82) is 5.26 Å². The van der Waals surface area contributed by atoms with Crippen LogP contribution in [0.25, 0.3) is 16.9 Å². The van der Waals surface area contributed by atoms with E-state index in [0.717, 1.165) is 56.2 Å². The molecule has 0 radical (unpaired) electrons. The van der Waals surface area contributed by atoms with Gasteiger partial charge in [0.25, 0.3) is 5.91 Å². The van der Waals surface area contributed by atoms with Gasteiger partial charge in [-0.15, -0.1) is 0 Å². The van der Waals surface area contributed by atoms with Gasteiger partial charge in [0.05, 0.1) is 39.9 Å². The van der Waals surface area contributed by atoms with Crippen LogP contribution < -0.4 is 21.3 Å². The third kappa shape index (κ3) is 4.53. The van der Waals surface area contributed by atoms with Gasteiger partial charge >= 0.3 is 0 Å². The minimum Gasteiger partial charge on any atom is -0.379 e. The summed E-state index contributed by atoms with van der Waals surface area (Å²) in [5, 5.41) is 26.2. The Labute approximate surface area is 231 Å². The number of aromatic nitrogens is 3. The summed E-state index contributed by atoms with van der Waals surface area (Å²) in [4.78, 5) is 41.8. The monoisotopic (exact) mass is 540 g/mol. The van der Waals surface area contributed by atoms with Crippen molar-refractivity contribution in [2.45, 2.75) is 69.0 Å². The highest BCUT2D eigenvalue weighted by atomic mass is 16.2. The minimum absolute atomic E-state index is 0.00739. The van der Waals surface area contributed by atoms with Crippen molar-refractivity contribution in [1.82, 2.24) is 30.5 Å². The molecule has 4 aliphatic rings. The molecule has 0 aromatic carbocycles. The van der Waals surface area contributed by atoms with Gasteiger partial charge in [-0.1, -0.05) is 0 Å². The van der Waals surface area contributed by atoms with Gasteiger partial charge < -0.3 is 21.3 Å². The molecule has 4 saturated carbocycles. The lowest BCUT2D eigenvalue weighted by Gasteiger charge is -2.70. The van der Waals surface area contributed by atoms with Crippen LogP contribution in [0.15, 0.2) is 36.7 Å². The molecule has 40 heavy (non-hydrogen) atoms. The Morgan fingerprint density at radius 3 is 2.48 bits per heavy atom. The van der Waals surface area contributed by atoms with Gasteiger partial charge in [-0.2, -0.15) is 10.4 Å². The SMILES string of the molecule is CNC(=O)[C@H]1CC[C@H](NC(=O)c2cnc(-c3ccc4cc(C#N)cnn34)cc2NC23CC(NC(C)=O)(C2)C3)CC1. The van der Waals surface area contributed by atoms with Crippen LogP contribution in [0.3, 0.4) is 0 Å². The highest BCUT2D eigenvalue weighted by Gasteiger charge is 2.68. The number of amides is 3. The first-order valence-electron chi connectivity index (χ1n) is 13.7. The van der Waals surface area contributed by atoms with Crippen molar-refractivity contribution < 1.29 is 14.4 Å². The molecule has 0 spiro atoms. The van der Waals surface area contributed by atoms with Crippen LogP contribution in [0, 0.1) is 17.2 Å². The van der Waals surface area contributed by atoms with E-state index in [1.165, 1.54) is 13.1 Å². The van der Waals surface area contributed by atoms with Gasteiger partial charge in [-0.3, -0.25) is 19.4 Å². The number of hydrogen-bond donors (Lipinski definition) is 4. The lowest BCUT2D eigenvalue weighted by atomic mass is 9.44. The summed E-state index contributed by atoms with van der Waals surface area (Å²) in [6, 6.07) is 9.52. The van der Waals surface area contributed by atoms with Gasteiger partial charge in [-0.05, 0) is 69.2 Å². The average Bonchev–Trinajstić information content (AvgIpc) is 3.34. The van der Waals surface area contributed by atoms with Crippen molar-refractivity contribution in [3.05, 3.63) is 47.8 Å². The fraction of sp³-hybridized carbons (Fsp3) is 0.448. The third-order valence-corrected chi connectivity index (χ3v) is 8.59. The highest BCUT2D eigenvalue weighted by Crippen LogP contribution is 2.62. The second-order valence-electron chi connectivity index (χ2n) is 11.6. The summed E-state index contributed by atoms with van der Waals surface area (Å²) in [6.45, 7) is 1.54. The number of rotatable bonds is 7. The summed E-state index contributed by atoms with van der Waals surface area (Å²) < 4.78 is 1.73. The molecule has 11 heteroatoms. The predicted octanol–water partition coefficient (Wildman–Crippen LogP) is 2.53. The minimum atomic E-state index is -0.204. The van der Waals surface area contributed by atoms with E-state index in [2.05, 4.69) is 37.4 Å². The first-order valence-corrected chi connectivity index (χ1v) is 13.7. The van der Waals surface area contributed by atoms with Gasteiger partial charge in [0.2, 0.25) is 11.8 Å². The fourth-order valence-electron chi connectivity index (χ4n) is 6.81. The molecular weight excluding hydrogens is 508 g/mol. The van der Waals surface area contributed by atoms with E-state index in [4.69, 9.17) is 0 Å². The van der Waals surface area contributed by atoms with Crippen LogP contribution in [-0.2, 0) is 9.59 Å². The Balaban J connectivity index is 1.25. The zero-order valence-electron chi connectivity index (χ0n) is 22.6. The van der Waals surface area contributed by atoms with Crippen molar-refractivity contribution in [3.63, 3.8) is 0 Å².